The zero-order chi connectivity index (χ0) is 30.5. The Morgan fingerprint density at radius 2 is 1.49 bits per heavy atom. The van der Waals surface area contributed by atoms with Gasteiger partial charge in [-0.2, -0.15) is 26.3 Å². The largest absolute Gasteiger partial charge is 0.494 e. The van der Waals surface area contributed by atoms with Crippen LogP contribution in [0.5, 0.6) is 5.75 Å². The van der Waals surface area contributed by atoms with Crippen LogP contribution in [0.3, 0.4) is 0 Å². The summed E-state index contributed by atoms with van der Waals surface area (Å²) < 4.78 is 69.2. The van der Waals surface area contributed by atoms with Crippen LogP contribution in [0.25, 0.3) is 0 Å². The van der Waals surface area contributed by atoms with Gasteiger partial charge in [0.1, 0.15) is 5.75 Å². The molecule has 0 aromatic heterocycles. The van der Waals surface area contributed by atoms with Crippen LogP contribution in [0.1, 0.15) is 52.9 Å². The number of unbranched alkanes of at least 4 members (excludes halogenated alkanes) is 2. The second-order valence-electron chi connectivity index (χ2n) is 8.29. The number of nitrogens with two attached hydrogens (primary N) is 1. The number of carboxylic acid groups (broad SMARTS) is 2. The summed E-state index contributed by atoms with van der Waals surface area (Å²) in [7, 11) is 0. The highest BCUT2D eigenvalue weighted by atomic mass is 19.4. The molecule has 0 heterocycles. The van der Waals surface area contributed by atoms with Crippen molar-refractivity contribution in [1.29, 1.82) is 0 Å². The summed E-state index contributed by atoms with van der Waals surface area (Å²) in [6.07, 6.45) is -4.63. The lowest BCUT2D eigenvalue weighted by atomic mass is 10.1. The van der Waals surface area contributed by atoms with Crippen molar-refractivity contribution < 1.29 is 50.9 Å². The molecular weight excluding hydrogens is 538 g/mol. The van der Waals surface area contributed by atoms with Gasteiger partial charge in [-0.25, -0.2) is 9.59 Å². The zero-order valence-electron chi connectivity index (χ0n) is 22.2. The van der Waals surface area contributed by atoms with Crippen molar-refractivity contribution in [2.45, 2.75) is 65.2 Å². The summed E-state index contributed by atoms with van der Waals surface area (Å²) >= 11 is 0. The molecule has 9 nitrogen and oxygen atoms in total. The van der Waals surface area contributed by atoms with Crippen LogP contribution in [0.2, 0.25) is 0 Å². The number of hydrogen-bond donors (Lipinski definition) is 5. The average molecular weight is 577 g/mol. The molecule has 0 atom stereocenters. The molecule has 0 bridgehead atoms. The van der Waals surface area contributed by atoms with E-state index in [9.17, 15) is 26.3 Å². The first-order valence-corrected chi connectivity index (χ1v) is 12.1. The average Bonchev–Trinajstić information content (AvgIpc) is 2.82. The van der Waals surface area contributed by atoms with E-state index in [1.807, 2.05) is 24.3 Å². The fraction of sp³-hybridized carbons (Fsp3) is 0.625. The summed E-state index contributed by atoms with van der Waals surface area (Å²) in [6.45, 7) is 9.72. The van der Waals surface area contributed by atoms with Gasteiger partial charge in [0.2, 0.25) is 0 Å². The molecule has 0 saturated heterocycles. The fourth-order valence-electron chi connectivity index (χ4n) is 2.21. The van der Waals surface area contributed by atoms with Crippen LogP contribution in [0.4, 0.5) is 32.0 Å². The normalized spacial score (nSPS) is 11.5. The molecule has 0 saturated carbocycles. The van der Waals surface area contributed by atoms with Gasteiger partial charge in [-0.3, -0.25) is 4.99 Å². The van der Waals surface area contributed by atoms with Crippen molar-refractivity contribution in [2.24, 2.45) is 16.6 Å². The Bertz CT molecular complexity index is 808. The van der Waals surface area contributed by atoms with Crippen molar-refractivity contribution in [3.05, 3.63) is 24.3 Å². The minimum absolute atomic E-state index is 0.660. The first-order valence-electron chi connectivity index (χ1n) is 12.1. The number of guanidine groups is 1. The lowest BCUT2D eigenvalue weighted by Crippen LogP contribution is -2.32. The van der Waals surface area contributed by atoms with Crippen molar-refractivity contribution >= 4 is 23.6 Å². The van der Waals surface area contributed by atoms with Gasteiger partial charge in [-0.15, -0.1) is 0 Å². The van der Waals surface area contributed by atoms with Crippen LogP contribution < -0.4 is 21.1 Å². The molecule has 39 heavy (non-hydrogen) atoms. The van der Waals surface area contributed by atoms with Gasteiger partial charge in [0.15, 0.2) is 5.96 Å². The second kappa shape index (κ2) is 20.7. The number of carboxylic acids is 2. The number of nitrogens with one attached hydrogen (secondary N) is 2. The van der Waals surface area contributed by atoms with Crippen molar-refractivity contribution in [1.82, 2.24) is 5.32 Å². The molecule has 0 spiro atoms. The third-order valence-electron chi connectivity index (χ3n) is 4.26. The minimum Gasteiger partial charge on any atom is -0.494 e. The Labute approximate surface area is 223 Å². The van der Waals surface area contributed by atoms with Crippen LogP contribution in [-0.2, 0) is 9.59 Å². The number of nitrogens with zero attached hydrogens (tertiary/aromatic N) is 1. The Morgan fingerprint density at radius 3 is 1.90 bits per heavy atom. The van der Waals surface area contributed by atoms with Crippen LogP contribution in [0, 0.1) is 5.92 Å². The molecule has 0 aliphatic heterocycles. The van der Waals surface area contributed by atoms with Crippen LogP contribution in [-0.4, -0.2) is 66.7 Å². The van der Waals surface area contributed by atoms with E-state index in [0.29, 0.717) is 12.5 Å². The maximum Gasteiger partial charge on any atom is 0.490 e. The smallest absolute Gasteiger partial charge is 0.490 e. The predicted octanol–water partition coefficient (Wildman–Crippen LogP) is 5.27. The number of hydrogen-bond acceptors (Lipinski definition) is 5. The summed E-state index contributed by atoms with van der Waals surface area (Å²) in [4.78, 5) is 22.4. The highest BCUT2D eigenvalue weighted by Crippen LogP contribution is 2.16. The highest BCUT2D eigenvalue weighted by molar-refractivity contribution is 5.93. The minimum atomic E-state index is -5.08. The number of aliphatic carboxylic acids is 2. The molecule has 1 rings (SSSR count). The Hall–Kier alpha value is -3.23. The number of alkyl halides is 6. The lowest BCUT2D eigenvalue weighted by Gasteiger charge is -2.14. The predicted molar refractivity (Wildman–Crippen MR) is 136 cm³/mol. The number of halogens is 6. The third-order valence-corrected chi connectivity index (χ3v) is 4.26. The number of benzene rings is 1. The summed E-state index contributed by atoms with van der Waals surface area (Å²) in [5.41, 5.74) is 6.56. The molecule has 0 radical (unpaired) electrons. The third kappa shape index (κ3) is 23.6. The van der Waals surface area contributed by atoms with E-state index in [-0.39, 0.29) is 0 Å². The number of carbonyl (C=O) groups is 2. The fourth-order valence-corrected chi connectivity index (χ4v) is 2.21. The molecule has 0 fully saturated rings. The van der Waals surface area contributed by atoms with E-state index in [1.54, 1.807) is 0 Å². The molecule has 0 aliphatic rings. The van der Waals surface area contributed by atoms with E-state index in [4.69, 9.17) is 30.3 Å². The van der Waals surface area contributed by atoms with Gasteiger partial charge in [0.25, 0.3) is 0 Å². The SMILES string of the molecule is CCCCCOc1ccc(NC(=NCCCN)NCCC(C)C)cc1.O=C(O)C(F)(F)F.O=C(O)C(F)(F)F. The molecule has 0 amide bonds. The lowest BCUT2D eigenvalue weighted by molar-refractivity contribution is -0.193. The van der Waals surface area contributed by atoms with E-state index in [0.717, 1.165) is 56.4 Å². The van der Waals surface area contributed by atoms with Gasteiger partial charge in [-0.1, -0.05) is 33.6 Å². The van der Waals surface area contributed by atoms with Crippen LogP contribution >= 0.6 is 0 Å². The van der Waals surface area contributed by atoms with Crippen LogP contribution in [0.15, 0.2) is 29.3 Å². The number of anilines is 1. The quantitative estimate of drug-likeness (QED) is 0.0979. The number of ether oxygens (including phenoxy) is 1. The molecule has 1 aromatic rings. The van der Waals surface area contributed by atoms with Crippen molar-refractivity contribution in [3.8, 4) is 5.75 Å². The van der Waals surface area contributed by atoms with Crippen molar-refractivity contribution in [3.63, 3.8) is 0 Å². The topological polar surface area (TPSA) is 146 Å². The monoisotopic (exact) mass is 576 g/mol. The maximum atomic E-state index is 10.6. The Kier molecular flexibility index (Phi) is 20.1. The molecule has 15 heteroatoms. The molecule has 226 valence electrons. The summed E-state index contributed by atoms with van der Waals surface area (Å²) in [5.74, 6) is -3.12. The molecule has 1 aromatic carbocycles. The van der Waals surface area contributed by atoms with E-state index in [2.05, 4.69) is 36.4 Å². The van der Waals surface area contributed by atoms with Gasteiger partial charge >= 0.3 is 24.3 Å². The zero-order valence-corrected chi connectivity index (χ0v) is 22.2. The molecule has 0 unspecified atom stereocenters. The van der Waals surface area contributed by atoms with Gasteiger partial charge in [0, 0.05) is 18.8 Å². The summed E-state index contributed by atoms with van der Waals surface area (Å²) in [5, 5.41) is 21.0. The first kappa shape index (κ1) is 37.9. The number of rotatable bonds is 12. The van der Waals surface area contributed by atoms with Gasteiger partial charge in [0.05, 0.1) is 6.61 Å². The van der Waals surface area contributed by atoms with E-state index in [1.165, 1.54) is 12.8 Å². The standard InChI is InChI=1S/C20H36N4O.2C2HF3O2/c1-4-5-6-16-25-19-10-8-18(9-11-19)24-20(22-14-7-13-21)23-15-12-17(2)3;2*3-2(4,5)1(6)7/h8-11,17H,4-7,12-16,21H2,1-3H3,(H2,22,23,24);2*(H,6,7). The maximum absolute atomic E-state index is 10.6. The molecule has 6 N–H and O–H groups in total. The van der Waals surface area contributed by atoms with Crippen molar-refractivity contribution in [2.75, 3.05) is 31.6 Å². The first-order chi connectivity index (χ1) is 18.0. The summed E-state index contributed by atoms with van der Waals surface area (Å²) in [6, 6.07) is 8.05. The van der Waals surface area contributed by atoms with E-state index < -0.39 is 24.3 Å². The Balaban J connectivity index is 0. The Morgan fingerprint density at radius 1 is 0.974 bits per heavy atom. The van der Waals surface area contributed by atoms with Gasteiger partial charge < -0.3 is 31.3 Å². The second-order valence-corrected chi connectivity index (χ2v) is 8.29. The molecule has 0 aliphatic carbocycles. The molecular formula is C24H38F6N4O5. The highest BCUT2D eigenvalue weighted by Gasteiger charge is 2.38. The van der Waals surface area contributed by atoms with Gasteiger partial charge in [-0.05, 0) is 56.0 Å². The number of aliphatic imine (C=N–C) groups is 1. The van der Waals surface area contributed by atoms with E-state index >= 15 is 0 Å².